The SMILES string of the molecule is Cc1[nH]ncc1S(=O)(=O)N1CCCCC1C(C)N. The normalized spacial score (nSPS) is 24.1. The Bertz CT molecular complexity index is 509. The summed E-state index contributed by atoms with van der Waals surface area (Å²) in [7, 11) is -3.48. The van der Waals surface area contributed by atoms with E-state index in [0.29, 0.717) is 12.2 Å². The third kappa shape index (κ3) is 2.30. The van der Waals surface area contributed by atoms with Gasteiger partial charge in [0.25, 0.3) is 0 Å². The van der Waals surface area contributed by atoms with Gasteiger partial charge >= 0.3 is 0 Å². The summed E-state index contributed by atoms with van der Waals surface area (Å²) in [5.74, 6) is 0. The van der Waals surface area contributed by atoms with E-state index in [0.717, 1.165) is 19.3 Å². The van der Waals surface area contributed by atoms with Gasteiger partial charge in [0.05, 0.1) is 11.9 Å². The highest BCUT2D eigenvalue weighted by Gasteiger charge is 2.36. The number of piperidine rings is 1. The highest BCUT2D eigenvalue weighted by atomic mass is 32.2. The van der Waals surface area contributed by atoms with Gasteiger partial charge in [0, 0.05) is 18.6 Å². The van der Waals surface area contributed by atoms with Crippen molar-refractivity contribution >= 4 is 10.0 Å². The first kappa shape index (κ1) is 13.5. The fourth-order valence-electron chi connectivity index (χ4n) is 2.48. The van der Waals surface area contributed by atoms with Gasteiger partial charge in [-0.05, 0) is 26.7 Å². The van der Waals surface area contributed by atoms with Crippen LogP contribution in [0.15, 0.2) is 11.1 Å². The number of nitrogens with two attached hydrogens (primary N) is 1. The molecule has 0 aromatic carbocycles. The summed E-state index contributed by atoms with van der Waals surface area (Å²) in [6, 6.07) is -0.273. The molecule has 0 radical (unpaired) electrons. The summed E-state index contributed by atoms with van der Waals surface area (Å²) in [6.07, 6.45) is 4.12. The molecule has 18 heavy (non-hydrogen) atoms. The molecule has 1 aliphatic heterocycles. The van der Waals surface area contributed by atoms with Gasteiger partial charge in [-0.1, -0.05) is 6.42 Å². The lowest BCUT2D eigenvalue weighted by atomic mass is 10.00. The topological polar surface area (TPSA) is 92.1 Å². The number of hydrogen-bond donors (Lipinski definition) is 2. The first-order valence-electron chi connectivity index (χ1n) is 6.22. The smallest absolute Gasteiger partial charge is 0.246 e. The van der Waals surface area contributed by atoms with Crippen molar-refractivity contribution in [1.82, 2.24) is 14.5 Å². The van der Waals surface area contributed by atoms with Crippen LogP contribution in [-0.2, 0) is 10.0 Å². The molecule has 1 aromatic rings. The van der Waals surface area contributed by atoms with Gasteiger partial charge in [-0.25, -0.2) is 8.42 Å². The molecule has 2 rings (SSSR count). The van der Waals surface area contributed by atoms with Crippen LogP contribution in [0, 0.1) is 6.92 Å². The highest BCUT2D eigenvalue weighted by molar-refractivity contribution is 7.89. The Morgan fingerprint density at radius 2 is 2.28 bits per heavy atom. The van der Waals surface area contributed by atoms with Crippen LogP contribution in [0.3, 0.4) is 0 Å². The molecule has 6 nitrogen and oxygen atoms in total. The maximum absolute atomic E-state index is 12.6. The van der Waals surface area contributed by atoms with Gasteiger partial charge in [0.15, 0.2) is 0 Å². The zero-order valence-corrected chi connectivity index (χ0v) is 11.6. The van der Waals surface area contributed by atoms with Crippen LogP contribution in [0.5, 0.6) is 0 Å². The second-order valence-electron chi connectivity index (χ2n) is 4.90. The van der Waals surface area contributed by atoms with Crippen molar-refractivity contribution in [1.29, 1.82) is 0 Å². The number of aryl methyl sites for hydroxylation is 1. The standard InChI is InChI=1S/C11H20N4O2S/c1-8(12)10-5-3-4-6-15(10)18(16,17)11-7-13-14-9(11)2/h7-8,10H,3-6,12H2,1-2H3,(H,13,14). The van der Waals surface area contributed by atoms with Crippen molar-refractivity contribution in [2.75, 3.05) is 6.54 Å². The van der Waals surface area contributed by atoms with E-state index in [2.05, 4.69) is 10.2 Å². The Kier molecular flexibility index (Phi) is 3.74. The van der Waals surface area contributed by atoms with Gasteiger partial charge in [-0.15, -0.1) is 0 Å². The molecule has 0 spiro atoms. The van der Waals surface area contributed by atoms with E-state index >= 15 is 0 Å². The number of rotatable bonds is 3. The van der Waals surface area contributed by atoms with Crippen molar-refractivity contribution in [3.8, 4) is 0 Å². The van der Waals surface area contributed by atoms with Crippen LogP contribution in [0.25, 0.3) is 0 Å². The van der Waals surface area contributed by atoms with E-state index in [1.165, 1.54) is 6.20 Å². The lowest BCUT2D eigenvalue weighted by molar-refractivity contribution is 0.227. The maximum Gasteiger partial charge on any atom is 0.246 e. The number of nitrogens with one attached hydrogen (secondary N) is 1. The molecule has 1 saturated heterocycles. The van der Waals surface area contributed by atoms with E-state index < -0.39 is 10.0 Å². The van der Waals surface area contributed by atoms with Crippen LogP contribution in [0.4, 0.5) is 0 Å². The second kappa shape index (κ2) is 4.99. The molecule has 0 aliphatic carbocycles. The summed E-state index contributed by atoms with van der Waals surface area (Å²) in [5.41, 5.74) is 6.49. The Labute approximate surface area is 108 Å². The molecule has 1 aliphatic rings. The monoisotopic (exact) mass is 272 g/mol. The molecule has 0 saturated carbocycles. The van der Waals surface area contributed by atoms with Crippen LogP contribution in [0.2, 0.25) is 0 Å². The third-order valence-electron chi connectivity index (χ3n) is 3.48. The fraction of sp³-hybridized carbons (Fsp3) is 0.727. The lowest BCUT2D eigenvalue weighted by Crippen LogP contribution is -2.51. The molecule has 0 bridgehead atoms. The summed E-state index contributed by atoms with van der Waals surface area (Å²) < 4.78 is 26.7. The van der Waals surface area contributed by atoms with Gasteiger partial charge in [-0.3, -0.25) is 5.10 Å². The van der Waals surface area contributed by atoms with E-state index in [1.807, 2.05) is 6.92 Å². The van der Waals surface area contributed by atoms with Crippen LogP contribution < -0.4 is 5.73 Å². The largest absolute Gasteiger partial charge is 0.326 e. The molecule has 0 amide bonds. The number of aromatic amines is 1. The van der Waals surface area contributed by atoms with Crippen LogP contribution in [0.1, 0.15) is 31.9 Å². The number of sulfonamides is 1. The Morgan fingerprint density at radius 3 is 2.83 bits per heavy atom. The van der Waals surface area contributed by atoms with Crippen molar-refractivity contribution < 1.29 is 8.42 Å². The molecule has 1 fully saturated rings. The molecule has 2 unspecified atom stereocenters. The molecule has 7 heteroatoms. The lowest BCUT2D eigenvalue weighted by Gasteiger charge is -2.36. The summed E-state index contributed by atoms with van der Waals surface area (Å²) >= 11 is 0. The summed E-state index contributed by atoms with van der Waals surface area (Å²) in [4.78, 5) is 0.259. The first-order chi connectivity index (χ1) is 8.44. The maximum atomic E-state index is 12.6. The number of aromatic nitrogens is 2. The van der Waals surface area contributed by atoms with E-state index in [4.69, 9.17) is 5.73 Å². The van der Waals surface area contributed by atoms with Gasteiger partial charge in [0.1, 0.15) is 4.90 Å². The predicted octanol–water partition coefficient (Wildman–Crippen LogP) is 0.609. The number of nitrogens with zero attached hydrogens (tertiary/aromatic N) is 2. The van der Waals surface area contributed by atoms with Crippen molar-refractivity contribution in [2.45, 2.75) is 50.1 Å². The number of hydrogen-bond acceptors (Lipinski definition) is 4. The zero-order valence-electron chi connectivity index (χ0n) is 10.8. The minimum Gasteiger partial charge on any atom is -0.326 e. The van der Waals surface area contributed by atoms with E-state index in [-0.39, 0.29) is 17.0 Å². The molecule has 2 atom stereocenters. The molecule has 102 valence electrons. The number of H-pyrrole nitrogens is 1. The highest BCUT2D eigenvalue weighted by Crippen LogP contribution is 2.27. The summed E-state index contributed by atoms with van der Waals surface area (Å²) in [5, 5.41) is 6.46. The Morgan fingerprint density at radius 1 is 1.56 bits per heavy atom. The zero-order chi connectivity index (χ0) is 13.3. The van der Waals surface area contributed by atoms with Crippen LogP contribution in [-0.4, -0.2) is 41.5 Å². The van der Waals surface area contributed by atoms with Crippen LogP contribution >= 0.6 is 0 Å². The molecular weight excluding hydrogens is 252 g/mol. The predicted molar refractivity (Wildman–Crippen MR) is 68.5 cm³/mol. The second-order valence-corrected chi connectivity index (χ2v) is 6.76. The fourth-order valence-corrected chi connectivity index (χ4v) is 4.38. The van der Waals surface area contributed by atoms with Gasteiger partial charge in [0.2, 0.25) is 10.0 Å². The average molecular weight is 272 g/mol. The molecule has 3 N–H and O–H groups in total. The molecule has 2 heterocycles. The first-order valence-corrected chi connectivity index (χ1v) is 7.66. The van der Waals surface area contributed by atoms with Crippen molar-refractivity contribution in [3.05, 3.63) is 11.9 Å². The Hall–Kier alpha value is -0.920. The van der Waals surface area contributed by atoms with Crippen molar-refractivity contribution in [3.63, 3.8) is 0 Å². The quantitative estimate of drug-likeness (QED) is 0.843. The molecular formula is C11H20N4O2S. The minimum absolute atomic E-state index is 0.113. The van der Waals surface area contributed by atoms with E-state index in [1.54, 1.807) is 11.2 Å². The third-order valence-corrected chi connectivity index (χ3v) is 5.51. The molecule has 1 aromatic heterocycles. The average Bonchev–Trinajstić information content (AvgIpc) is 2.76. The Balaban J connectivity index is 2.36. The van der Waals surface area contributed by atoms with E-state index in [9.17, 15) is 8.42 Å². The van der Waals surface area contributed by atoms with Gasteiger partial charge in [-0.2, -0.15) is 9.40 Å². The van der Waals surface area contributed by atoms with Crippen molar-refractivity contribution in [2.24, 2.45) is 5.73 Å². The minimum atomic E-state index is -3.48. The summed E-state index contributed by atoms with van der Waals surface area (Å²) in [6.45, 7) is 4.12. The van der Waals surface area contributed by atoms with Gasteiger partial charge < -0.3 is 5.73 Å².